The maximum Gasteiger partial charge on any atom is 0.267 e. The van der Waals surface area contributed by atoms with Crippen LogP contribution in [0, 0.1) is 12.8 Å². The lowest BCUT2D eigenvalue weighted by Crippen LogP contribution is -2.09. The first-order chi connectivity index (χ1) is 8.49. The van der Waals surface area contributed by atoms with Crippen LogP contribution in [0.5, 0.6) is 0 Å². The first-order valence-electron chi connectivity index (χ1n) is 6.34. The molecule has 1 heterocycles. The summed E-state index contributed by atoms with van der Waals surface area (Å²) in [6.07, 6.45) is 0.805. The standard InChI is InChI=1S/C15H20N2O/c1-10(2)8-13-14(17(4)16-15(13)18)12-7-5-6-11(3)9-12/h5-7,9-10H,8H2,1-4H3,(H,16,18). The first-order valence-corrected chi connectivity index (χ1v) is 6.34. The molecule has 1 aromatic heterocycles. The fourth-order valence-corrected chi connectivity index (χ4v) is 2.34. The van der Waals surface area contributed by atoms with Crippen molar-refractivity contribution < 1.29 is 0 Å². The van der Waals surface area contributed by atoms with Gasteiger partial charge in [0.15, 0.2) is 0 Å². The van der Waals surface area contributed by atoms with Crippen LogP contribution in [0.15, 0.2) is 29.1 Å². The van der Waals surface area contributed by atoms with Crippen molar-refractivity contribution in [2.45, 2.75) is 27.2 Å². The fraction of sp³-hybridized carbons (Fsp3) is 0.400. The number of aryl methyl sites for hydroxylation is 2. The number of aromatic amines is 1. The second kappa shape index (κ2) is 4.84. The van der Waals surface area contributed by atoms with Gasteiger partial charge in [-0.3, -0.25) is 14.6 Å². The number of nitrogens with one attached hydrogen (secondary N) is 1. The van der Waals surface area contributed by atoms with E-state index in [2.05, 4.69) is 44.1 Å². The second-order valence-electron chi connectivity index (χ2n) is 5.29. The quantitative estimate of drug-likeness (QED) is 0.885. The molecule has 0 atom stereocenters. The highest BCUT2D eigenvalue weighted by molar-refractivity contribution is 5.64. The van der Waals surface area contributed by atoms with Gasteiger partial charge in [0, 0.05) is 18.2 Å². The molecule has 3 nitrogen and oxygen atoms in total. The molecule has 0 unspecified atom stereocenters. The summed E-state index contributed by atoms with van der Waals surface area (Å²) in [6, 6.07) is 8.27. The molecule has 0 amide bonds. The molecule has 0 saturated heterocycles. The largest absolute Gasteiger partial charge is 0.287 e. The van der Waals surface area contributed by atoms with Crippen molar-refractivity contribution in [3.63, 3.8) is 0 Å². The third-order valence-electron chi connectivity index (χ3n) is 3.07. The van der Waals surface area contributed by atoms with E-state index in [0.717, 1.165) is 23.2 Å². The van der Waals surface area contributed by atoms with E-state index < -0.39 is 0 Å². The number of benzene rings is 1. The molecule has 0 fully saturated rings. The van der Waals surface area contributed by atoms with Crippen molar-refractivity contribution >= 4 is 0 Å². The van der Waals surface area contributed by atoms with Crippen molar-refractivity contribution in [3.05, 3.63) is 45.7 Å². The van der Waals surface area contributed by atoms with Crippen LogP contribution in [0.3, 0.4) is 0 Å². The Morgan fingerprint density at radius 1 is 1.33 bits per heavy atom. The molecular formula is C15H20N2O. The van der Waals surface area contributed by atoms with Crippen molar-refractivity contribution in [1.29, 1.82) is 0 Å². The smallest absolute Gasteiger partial charge is 0.267 e. The van der Waals surface area contributed by atoms with Crippen molar-refractivity contribution in [2.75, 3.05) is 0 Å². The summed E-state index contributed by atoms with van der Waals surface area (Å²) in [7, 11) is 1.89. The monoisotopic (exact) mass is 244 g/mol. The van der Waals surface area contributed by atoms with Crippen LogP contribution in [-0.4, -0.2) is 9.78 Å². The van der Waals surface area contributed by atoms with Gasteiger partial charge < -0.3 is 0 Å². The summed E-state index contributed by atoms with van der Waals surface area (Å²) >= 11 is 0. The highest BCUT2D eigenvalue weighted by Gasteiger charge is 2.15. The average molecular weight is 244 g/mol. The number of hydrogen-bond donors (Lipinski definition) is 1. The highest BCUT2D eigenvalue weighted by Crippen LogP contribution is 2.23. The first kappa shape index (κ1) is 12.7. The van der Waals surface area contributed by atoms with E-state index in [4.69, 9.17) is 0 Å². The number of aromatic nitrogens is 2. The van der Waals surface area contributed by atoms with Gasteiger partial charge in [-0.2, -0.15) is 0 Å². The van der Waals surface area contributed by atoms with Gasteiger partial charge in [-0.25, -0.2) is 0 Å². The number of H-pyrrole nitrogens is 1. The molecule has 0 bridgehead atoms. The Kier molecular flexibility index (Phi) is 3.41. The van der Waals surface area contributed by atoms with Crippen LogP contribution in [0.1, 0.15) is 25.0 Å². The van der Waals surface area contributed by atoms with E-state index in [1.54, 1.807) is 0 Å². The summed E-state index contributed by atoms with van der Waals surface area (Å²) in [6.45, 7) is 6.33. The fourth-order valence-electron chi connectivity index (χ4n) is 2.34. The van der Waals surface area contributed by atoms with E-state index in [-0.39, 0.29) is 5.56 Å². The molecule has 2 rings (SSSR count). The predicted molar refractivity (Wildman–Crippen MR) is 74.7 cm³/mol. The van der Waals surface area contributed by atoms with Gasteiger partial charge in [0.1, 0.15) is 0 Å². The lowest BCUT2D eigenvalue weighted by Gasteiger charge is -2.08. The van der Waals surface area contributed by atoms with Crippen molar-refractivity contribution in [1.82, 2.24) is 9.78 Å². The van der Waals surface area contributed by atoms with E-state index in [0.29, 0.717) is 5.92 Å². The zero-order valence-corrected chi connectivity index (χ0v) is 11.4. The molecule has 2 aromatic rings. The second-order valence-corrected chi connectivity index (χ2v) is 5.29. The Morgan fingerprint density at radius 2 is 2.06 bits per heavy atom. The Labute approximate surface area is 107 Å². The summed E-state index contributed by atoms with van der Waals surface area (Å²) in [4.78, 5) is 12.0. The topological polar surface area (TPSA) is 37.8 Å². The van der Waals surface area contributed by atoms with Gasteiger partial charge in [0.2, 0.25) is 0 Å². The van der Waals surface area contributed by atoms with Gasteiger partial charge in [0.05, 0.1) is 5.69 Å². The van der Waals surface area contributed by atoms with Gasteiger partial charge >= 0.3 is 0 Å². The summed E-state index contributed by atoms with van der Waals surface area (Å²) in [5.41, 5.74) is 4.24. The molecule has 0 saturated carbocycles. The minimum atomic E-state index is 0.0303. The maximum absolute atomic E-state index is 12.0. The Balaban J connectivity index is 2.59. The summed E-state index contributed by atoms with van der Waals surface area (Å²) in [5, 5.41) is 2.86. The minimum absolute atomic E-state index is 0.0303. The van der Waals surface area contributed by atoms with E-state index in [1.165, 1.54) is 5.56 Å². The normalized spacial score (nSPS) is 11.2. The van der Waals surface area contributed by atoms with E-state index in [1.807, 2.05) is 17.8 Å². The molecular weight excluding hydrogens is 224 g/mol. The maximum atomic E-state index is 12.0. The molecule has 0 aliphatic carbocycles. The van der Waals surface area contributed by atoms with Crippen LogP contribution >= 0.6 is 0 Å². The van der Waals surface area contributed by atoms with Crippen LogP contribution in [0.2, 0.25) is 0 Å². The third kappa shape index (κ3) is 2.40. The molecule has 0 spiro atoms. The zero-order valence-electron chi connectivity index (χ0n) is 11.4. The highest BCUT2D eigenvalue weighted by atomic mass is 16.1. The minimum Gasteiger partial charge on any atom is -0.287 e. The van der Waals surface area contributed by atoms with Crippen LogP contribution in [0.25, 0.3) is 11.3 Å². The Hall–Kier alpha value is -1.77. The van der Waals surface area contributed by atoms with E-state index >= 15 is 0 Å². The molecule has 0 aliphatic heterocycles. The SMILES string of the molecule is Cc1cccc(-c2c(CC(C)C)c(=O)[nH]n2C)c1. The third-order valence-corrected chi connectivity index (χ3v) is 3.07. The number of nitrogens with zero attached hydrogens (tertiary/aromatic N) is 1. The van der Waals surface area contributed by atoms with Gasteiger partial charge in [-0.15, -0.1) is 0 Å². The van der Waals surface area contributed by atoms with Gasteiger partial charge in [0.25, 0.3) is 5.56 Å². The predicted octanol–water partition coefficient (Wildman–Crippen LogP) is 2.89. The van der Waals surface area contributed by atoms with Crippen molar-refractivity contribution in [2.24, 2.45) is 13.0 Å². The molecule has 18 heavy (non-hydrogen) atoms. The number of hydrogen-bond acceptors (Lipinski definition) is 1. The molecule has 1 N–H and O–H groups in total. The molecule has 1 aromatic carbocycles. The lowest BCUT2D eigenvalue weighted by atomic mass is 9.99. The molecule has 96 valence electrons. The van der Waals surface area contributed by atoms with Crippen molar-refractivity contribution in [3.8, 4) is 11.3 Å². The van der Waals surface area contributed by atoms with Crippen LogP contribution < -0.4 is 5.56 Å². The van der Waals surface area contributed by atoms with Crippen LogP contribution in [0.4, 0.5) is 0 Å². The van der Waals surface area contributed by atoms with E-state index in [9.17, 15) is 4.79 Å². The molecule has 0 radical (unpaired) electrons. The Morgan fingerprint density at radius 3 is 2.67 bits per heavy atom. The average Bonchev–Trinajstić information content (AvgIpc) is 2.53. The number of rotatable bonds is 3. The summed E-state index contributed by atoms with van der Waals surface area (Å²) in [5.74, 6) is 0.469. The van der Waals surface area contributed by atoms with Gasteiger partial charge in [-0.1, -0.05) is 37.6 Å². The molecule has 0 aliphatic rings. The Bertz CT molecular complexity index is 605. The van der Waals surface area contributed by atoms with Gasteiger partial charge in [-0.05, 0) is 25.3 Å². The molecule has 3 heteroatoms. The van der Waals surface area contributed by atoms with Crippen LogP contribution in [-0.2, 0) is 13.5 Å². The lowest BCUT2D eigenvalue weighted by molar-refractivity contribution is 0.645. The zero-order chi connectivity index (χ0) is 13.3. The summed E-state index contributed by atoms with van der Waals surface area (Å²) < 4.78 is 1.83.